The van der Waals surface area contributed by atoms with E-state index >= 15 is 0 Å². The second-order valence-corrected chi connectivity index (χ2v) is 7.47. The number of esters is 2. The van der Waals surface area contributed by atoms with Crippen LogP contribution in [0.2, 0.25) is 0 Å². The first-order valence-electron chi connectivity index (χ1n) is 9.07. The zero-order valence-corrected chi connectivity index (χ0v) is 16.5. The zero-order valence-electron chi connectivity index (χ0n) is 16.5. The van der Waals surface area contributed by atoms with Gasteiger partial charge in [-0.25, -0.2) is 13.6 Å². The molecule has 0 spiro atoms. The third-order valence-corrected chi connectivity index (χ3v) is 4.06. The van der Waals surface area contributed by atoms with Gasteiger partial charge in [-0.05, 0) is 34.6 Å². The Balaban J connectivity index is 3.03. The summed E-state index contributed by atoms with van der Waals surface area (Å²) in [5, 5.41) is 0. The molecular weight excluding hydrogens is 364 g/mol. The highest BCUT2D eigenvalue weighted by Crippen LogP contribution is 2.42. The van der Waals surface area contributed by atoms with Gasteiger partial charge in [0.15, 0.2) is 0 Å². The van der Waals surface area contributed by atoms with E-state index in [-0.39, 0.29) is 26.3 Å². The maximum atomic E-state index is 14.9. The van der Waals surface area contributed by atoms with Crippen LogP contribution in [0.3, 0.4) is 0 Å². The average molecular weight is 393 g/mol. The van der Waals surface area contributed by atoms with E-state index in [0.29, 0.717) is 0 Å². The van der Waals surface area contributed by atoms with Crippen molar-refractivity contribution in [3.05, 3.63) is 0 Å². The van der Waals surface area contributed by atoms with E-state index in [2.05, 4.69) is 0 Å². The van der Waals surface area contributed by atoms with E-state index in [1.165, 1.54) is 0 Å². The molecule has 0 radical (unpaired) electrons. The van der Waals surface area contributed by atoms with Crippen LogP contribution in [-0.4, -0.2) is 60.8 Å². The summed E-state index contributed by atoms with van der Waals surface area (Å²) in [7, 11) is 0. The molecule has 9 heteroatoms. The average Bonchev–Trinajstić information content (AvgIpc) is 2.50. The number of hydrogen-bond acceptors (Lipinski definition) is 6. The molecule has 156 valence electrons. The highest BCUT2D eigenvalue weighted by Gasteiger charge is 2.54. The summed E-state index contributed by atoms with van der Waals surface area (Å²) in [4.78, 5) is 37.0. The van der Waals surface area contributed by atoms with Crippen molar-refractivity contribution in [2.45, 2.75) is 59.0 Å². The van der Waals surface area contributed by atoms with E-state index in [1.54, 1.807) is 34.6 Å². The van der Waals surface area contributed by atoms with Crippen molar-refractivity contribution in [3.8, 4) is 0 Å². The number of likely N-dealkylation sites (tertiary alicyclic amines) is 1. The zero-order chi connectivity index (χ0) is 20.8. The van der Waals surface area contributed by atoms with Gasteiger partial charge in [0.05, 0.1) is 37.9 Å². The van der Waals surface area contributed by atoms with Crippen molar-refractivity contribution in [1.82, 2.24) is 4.90 Å². The Kier molecular flexibility index (Phi) is 7.98. The van der Waals surface area contributed by atoms with Crippen LogP contribution in [0.5, 0.6) is 0 Å². The molecule has 0 saturated carbocycles. The number of carbonyl (C=O) groups is 3. The van der Waals surface area contributed by atoms with Gasteiger partial charge in [0.25, 0.3) is 5.92 Å². The molecule has 2 atom stereocenters. The smallest absolute Gasteiger partial charge is 0.410 e. The molecule has 0 aromatic heterocycles. The molecule has 0 bridgehead atoms. The standard InChI is InChI=1S/C18H29F2NO6/c1-6-25-14(22)8-12-10-21(16(24)27-17(3,4)5)11-13(18(12,19)20)9-15(23)26-7-2/h12-13H,6-11H2,1-5H3/t12-,13-/m1/s1. The Morgan fingerprint density at radius 2 is 1.37 bits per heavy atom. The largest absolute Gasteiger partial charge is 0.466 e. The van der Waals surface area contributed by atoms with Gasteiger partial charge in [0.1, 0.15) is 5.60 Å². The predicted molar refractivity (Wildman–Crippen MR) is 92.2 cm³/mol. The molecule has 0 aromatic rings. The SMILES string of the molecule is CCOC(=O)C[C@@H]1CN(C(=O)OC(C)(C)C)C[C@@H](CC(=O)OCC)C1(F)F. The minimum Gasteiger partial charge on any atom is -0.466 e. The highest BCUT2D eigenvalue weighted by atomic mass is 19.3. The minimum atomic E-state index is -3.34. The van der Waals surface area contributed by atoms with Gasteiger partial charge in [0.2, 0.25) is 0 Å². The Labute approximate surface area is 158 Å². The highest BCUT2D eigenvalue weighted by molar-refractivity contribution is 5.72. The van der Waals surface area contributed by atoms with Gasteiger partial charge in [-0.2, -0.15) is 0 Å². The van der Waals surface area contributed by atoms with Crippen LogP contribution < -0.4 is 0 Å². The van der Waals surface area contributed by atoms with Crippen LogP contribution in [0.1, 0.15) is 47.5 Å². The lowest BCUT2D eigenvalue weighted by Gasteiger charge is -2.43. The van der Waals surface area contributed by atoms with Crippen molar-refractivity contribution in [2.75, 3.05) is 26.3 Å². The van der Waals surface area contributed by atoms with Crippen LogP contribution in [0, 0.1) is 11.8 Å². The fourth-order valence-corrected chi connectivity index (χ4v) is 2.90. The lowest BCUT2D eigenvalue weighted by Crippen LogP contribution is -2.56. The first-order valence-corrected chi connectivity index (χ1v) is 9.07. The van der Waals surface area contributed by atoms with Crippen LogP contribution in [-0.2, 0) is 23.8 Å². The lowest BCUT2D eigenvalue weighted by atomic mass is 9.81. The second-order valence-electron chi connectivity index (χ2n) is 7.47. The molecule has 0 unspecified atom stereocenters. The topological polar surface area (TPSA) is 82.1 Å². The maximum absolute atomic E-state index is 14.9. The number of rotatable bonds is 6. The summed E-state index contributed by atoms with van der Waals surface area (Å²) in [6.45, 7) is 7.56. The first kappa shape index (κ1) is 23.1. The van der Waals surface area contributed by atoms with Gasteiger partial charge >= 0.3 is 18.0 Å². The molecule has 1 aliphatic heterocycles. The lowest BCUT2D eigenvalue weighted by molar-refractivity contribution is -0.175. The normalized spacial score (nSPS) is 22.1. The summed E-state index contributed by atoms with van der Waals surface area (Å²) in [6, 6.07) is 0. The number of carbonyl (C=O) groups excluding carboxylic acids is 3. The van der Waals surface area contributed by atoms with E-state index in [0.717, 1.165) is 4.90 Å². The fourth-order valence-electron chi connectivity index (χ4n) is 2.90. The maximum Gasteiger partial charge on any atom is 0.410 e. The van der Waals surface area contributed by atoms with Gasteiger partial charge in [-0.15, -0.1) is 0 Å². The van der Waals surface area contributed by atoms with Crippen molar-refractivity contribution >= 4 is 18.0 Å². The number of alkyl halides is 2. The molecule has 0 aromatic carbocycles. The van der Waals surface area contributed by atoms with Gasteiger partial charge in [0, 0.05) is 13.1 Å². The van der Waals surface area contributed by atoms with Gasteiger partial charge < -0.3 is 19.1 Å². The molecule has 0 aliphatic carbocycles. The van der Waals surface area contributed by atoms with Crippen molar-refractivity contribution in [2.24, 2.45) is 11.8 Å². The summed E-state index contributed by atoms with van der Waals surface area (Å²) in [6.07, 6.45) is -1.88. The molecule has 1 rings (SSSR count). The van der Waals surface area contributed by atoms with Crippen LogP contribution in [0.15, 0.2) is 0 Å². The number of nitrogens with zero attached hydrogens (tertiary/aromatic N) is 1. The Hall–Kier alpha value is -1.93. The molecule has 1 fully saturated rings. The van der Waals surface area contributed by atoms with Crippen molar-refractivity contribution < 1.29 is 37.4 Å². The summed E-state index contributed by atoms with van der Waals surface area (Å²) in [5.41, 5.74) is -0.801. The molecule has 1 aliphatic rings. The number of halogens is 2. The number of amides is 1. The van der Waals surface area contributed by atoms with Crippen LogP contribution in [0.25, 0.3) is 0 Å². The van der Waals surface area contributed by atoms with E-state index < -0.39 is 54.2 Å². The fraction of sp³-hybridized carbons (Fsp3) is 0.833. The van der Waals surface area contributed by atoms with Gasteiger partial charge in [-0.3, -0.25) is 9.59 Å². The molecule has 27 heavy (non-hydrogen) atoms. The van der Waals surface area contributed by atoms with Gasteiger partial charge in [-0.1, -0.05) is 0 Å². The molecule has 1 amide bonds. The predicted octanol–water partition coefficient (Wildman–Crippen LogP) is 3.01. The quantitative estimate of drug-likeness (QED) is 0.510. The molecule has 0 N–H and O–H groups in total. The summed E-state index contributed by atoms with van der Waals surface area (Å²) in [5.74, 6) is -7.83. The Morgan fingerprint density at radius 3 is 1.70 bits per heavy atom. The van der Waals surface area contributed by atoms with Crippen LogP contribution >= 0.6 is 0 Å². The summed E-state index contributed by atoms with van der Waals surface area (Å²) >= 11 is 0. The molecular formula is C18H29F2NO6. The van der Waals surface area contributed by atoms with Crippen LogP contribution in [0.4, 0.5) is 13.6 Å². The minimum absolute atomic E-state index is 0.0686. The molecule has 7 nitrogen and oxygen atoms in total. The molecule has 1 saturated heterocycles. The van der Waals surface area contributed by atoms with E-state index in [1.807, 2.05) is 0 Å². The third-order valence-electron chi connectivity index (χ3n) is 4.06. The third kappa shape index (κ3) is 6.95. The second kappa shape index (κ2) is 9.32. The number of hydrogen-bond donors (Lipinski definition) is 0. The van der Waals surface area contributed by atoms with Crippen molar-refractivity contribution in [1.29, 1.82) is 0 Å². The molecule has 1 heterocycles. The number of ether oxygens (including phenoxy) is 3. The Bertz CT molecular complexity index is 514. The van der Waals surface area contributed by atoms with E-state index in [4.69, 9.17) is 14.2 Å². The number of piperidine rings is 1. The Morgan fingerprint density at radius 1 is 0.963 bits per heavy atom. The van der Waals surface area contributed by atoms with Crippen molar-refractivity contribution in [3.63, 3.8) is 0 Å². The summed E-state index contributed by atoms with van der Waals surface area (Å²) < 4.78 is 44.6. The first-order chi connectivity index (χ1) is 12.4. The monoisotopic (exact) mass is 393 g/mol. The van der Waals surface area contributed by atoms with E-state index in [9.17, 15) is 23.2 Å².